The third-order valence-electron chi connectivity index (χ3n) is 4.27. The molecule has 2 amide bonds. The topological polar surface area (TPSA) is 54.7 Å². The largest absolute Gasteiger partial charge is 0.467 e. The first kappa shape index (κ1) is 19.6. The lowest BCUT2D eigenvalue weighted by molar-refractivity contribution is 0.0930. The maximum Gasteiger partial charge on any atom is 0.321 e. The van der Waals surface area contributed by atoms with Gasteiger partial charge in [0.1, 0.15) is 18.2 Å². The number of urea groups is 1. The van der Waals surface area contributed by atoms with Crippen molar-refractivity contribution < 1.29 is 18.3 Å². The van der Waals surface area contributed by atoms with E-state index in [1.54, 1.807) is 26.3 Å². The zero-order valence-electron chi connectivity index (χ0n) is 15.9. The van der Waals surface area contributed by atoms with Gasteiger partial charge in [-0.1, -0.05) is 24.3 Å². The molecule has 0 radical (unpaired) electrons. The SMILES string of the molecule is Cc1ccc(CN(C)C(=O)Nc2cccc(COCc3ccco3)c2)cc1F. The van der Waals surface area contributed by atoms with Gasteiger partial charge in [-0.25, -0.2) is 9.18 Å². The molecule has 0 fully saturated rings. The van der Waals surface area contributed by atoms with Gasteiger partial charge in [-0.15, -0.1) is 0 Å². The molecular formula is C22H23FN2O3. The normalized spacial score (nSPS) is 10.7. The van der Waals surface area contributed by atoms with E-state index in [1.165, 1.54) is 11.0 Å². The molecule has 0 atom stereocenters. The Morgan fingerprint density at radius 1 is 1.11 bits per heavy atom. The number of hydrogen-bond donors (Lipinski definition) is 1. The molecule has 0 bridgehead atoms. The van der Waals surface area contributed by atoms with Crippen LogP contribution >= 0.6 is 0 Å². The zero-order valence-corrected chi connectivity index (χ0v) is 15.9. The molecule has 0 aliphatic carbocycles. The molecule has 1 N–H and O–H groups in total. The number of carbonyl (C=O) groups is 1. The Balaban J connectivity index is 1.53. The third kappa shape index (κ3) is 5.44. The van der Waals surface area contributed by atoms with Gasteiger partial charge in [0.2, 0.25) is 0 Å². The zero-order chi connectivity index (χ0) is 19.9. The van der Waals surface area contributed by atoms with Crippen LogP contribution in [0.15, 0.2) is 65.3 Å². The lowest BCUT2D eigenvalue weighted by Crippen LogP contribution is -2.30. The monoisotopic (exact) mass is 382 g/mol. The van der Waals surface area contributed by atoms with Crippen molar-refractivity contribution in [3.8, 4) is 0 Å². The van der Waals surface area contributed by atoms with Crippen molar-refractivity contribution in [3.05, 3.63) is 89.1 Å². The fourth-order valence-corrected chi connectivity index (χ4v) is 2.70. The van der Waals surface area contributed by atoms with Crippen LogP contribution in [0.4, 0.5) is 14.9 Å². The van der Waals surface area contributed by atoms with Gasteiger partial charge < -0.3 is 19.4 Å². The molecule has 1 aromatic heterocycles. The second kappa shape index (κ2) is 9.19. The Kier molecular flexibility index (Phi) is 6.45. The summed E-state index contributed by atoms with van der Waals surface area (Å²) in [5.74, 6) is 0.493. The van der Waals surface area contributed by atoms with Gasteiger partial charge in [0, 0.05) is 19.3 Å². The van der Waals surface area contributed by atoms with E-state index in [0.29, 0.717) is 31.0 Å². The minimum absolute atomic E-state index is 0.269. The summed E-state index contributed by atoms with van der Waals surface area (Å²) in [4.78, 5) is 13.9. The first-order chi connectivity index (χ1) is 13.5. The van der Waals surface area contributed by atoms with E-state index in [9.17, 15) is 9.18 Å². The summed E-state index contributed by atoms with van der Waals surface area (Å²) in [5.41, 5.74) is 2.93. The van der Waals surface area contributed by atoms with Crippen molar-refractivity contribution in [2.24, 2.45) is 0 Å². The molecule has 0 spiro atoms. The van der Waals surface area contributed by atoms with Gasteiger partial charge in [-0.3, -0.25) is 0 Å². The highest BCUT2D eigenvalue weighted by Gasteiger charge is 2.11. The number of benzene rings is 2. The van der Waals surface area contributed by atoms with E-state index in [4.69, 9.17) is 9.15 Å². The summed E-state index contributed by atoms with van der Waals surface area (Å²) in [6, 6.07) is 15.8. The number of halogens is 1. The van der Waals surface area contributed by atoms with Crippen LogP contribution in [0.3, 0.4) is 0 Å². The van der Waals surface area contributed by atoms with Gasteiger partial charge in [-0.05, 0) is 53.9 Å². The summed E-state index contributed by atoms with van der Waals surface area (Å²) in [5, 5.41) is 2.85. The molecule has 0 unspecified atom stereocenters. The quantitative estimate of drug-likeness (QED) is 0.618. The van der Waals surface area contributed by atoms with E-state index in [1.807, 2.05) is 42.5 Å². The molecule has 1 heterocycles. The van der Waals surface area contributed by atoms with Gasteiger partial charge >= 0.3 is 6.03 Å². The highest BCUT2D eigenvalue weighted by Crippen LogP contribution is 2.15. The average molecular weight is 382 g/mol. The number of furan rings is 1. The second-order valence-corrected chi connectivity index (χ2v) is 6.64. The van der Waals surface area contributed by atoms with Crippen LogP contribution in [-0.2, 0) is 24.5 Å². The highest BCUT2D eigenvalue weighted by molar-refractivity contribution is 5.89. The van der Waals surface area contributed by atoms with Gasteiger partial charge in [-0.2, -0.15) is 0 Å². The van der Waals surface area contributed by atoms with E-state index in [2.05, 4.69) is 5.32 Å². The predicted molar refractivity (Wildman–Crippen MR) is 105 cm³/mol. The van der Waals surface area contributed by atoms with Crippen molar-refractivity contribution in [3.63, 3.8) is 0 Å². The molecule has 28 heavy (non-hydrogen) atoms. The standard InChI is InChI=1S/C22H23FN2O3/c1-16-8-9-17(12-21(16)23)13-25(2)22(26)24-19-6-3-5-18(11-19)14-27-15-20-7-4-10-28-20/h3-12H,13-15H2,1-2H3,(H,24,26). The molecule has 6 heteroatoms. The Morgan fingerprint density at radius 3 is 2.71 bits per heavy atom. The number of aryl methyl sites for hydroxylation is 1. The molecule has 0 aliphatic rings. The molecule has 0 saturated carbocycles. The second-order valence-electron chi connectivity index (χ2n) is 6.64. The van der Waals surface area contributed by atoms with Crippen molar-refractivity contribution in [1.82, 2.24) is 4.90 Å². The average Bonchev–Trinajstić information content (AvgIpc) is 3.18. The molecular weight excluding hydrogens is 359 g/mol. The summed E-state index contributed by atoms with van der Waals surface area (Å²) in [6.45, 7) is 2.82. The van der Waals surface area contributed by atoms with Crippen molar-refractivity contribution in [1.29, 1.82) is 0 Å². The number of amides is 2. The van der Waals surface area contributed by atoms with Crippen molar-refractivity contribution >= 4 is 11.7 Å². The Hall–Kier alpha value is -3.12. The maximum absolute atomic E-state index is 13.7. The van der Waals surface area contributed by atoms with E-state index in [-0.39, 0.29) is 11.8 Å². The number of anilines is 1. The molecule has 5 nitrogen and oxygen atoms in total. The predicted octanol–water partition coefficient (Wildman–Crippen LogP) is 5.11. The fourth-order valence-electron chi connectivity index (χ4n) is 2.70. The number of ether oxygens (including phenoxy) is 1. The Bertz CT molecular complexity index is 925. The molecule has 146 valence electrons. The third-order valence-corrected chi connectivity index (χ3v) is 4.27. The van der Waals surface area contributed by atoms with E-state index < -0.39 is 0 Å². The maximum atomic E-state index is 13.7. The molecule has 3 rings (SSSR count). The molecule has 3 aromatic rings. The van der Waals surface area contributed by atoms with Crippen LogP contribution in [0.2, 0.25) is 0 Å². The summed E-state index contributed by atoms with van der Waals surface area (Å²) in [7, 11) is 1.67. The smallest absolute Gasteiger partial charge is 0.321 e. The Labute approximate surface area is 163 Å². The first-order valence-electron chi connectivity index (χ1n) is 8.97. The molecule has 2 aromatic carbocycles. The van der Waals surface area contributed by atoms with Crippen LogP contribution in [0, 0.1) is 12.7 Å². The number of nitrogens with zero attached hydrogens (tertiary/aromatic N) is 1. The van der Waals surface area contributed by atoms with E-state index >= 15 is 0 Å². The number of carbonyl (C=O) groups excluding carboxylic acids is 1. The molecule has 0 saturated heterocycles. The summed E-state index contributed by atoms with van der Waals surface area (Å²) >= 11 is 0. The van der Waals surface area contributed by atoms with Crippen molar-refractivity contribution in [2.45, 2.75) is 26.7 Å². The Morgan fingerprint density at radius 2 is 1.96 bits per heavy atom. The minimum atomic E-state index is -0.270. The lowest BCUT2D eigenvalue weighted by atomic mass is 10.1. The first-order valence-corrected chi connectivity index (χ1v) is 8.97. The van der Waals surface area contributed by atoms with E-state index in [0.717, 1.165) is 16.9 Å². The van der Waals surface area contributed by atoms with Crippen LogP contribution in [0.1, 0.15) is 22.5 Å². The summed E-state index contributed by atoms with van der Waals surface area (Å²) in [6.07, 6.45) is 1.61. The number of rotatable bonds is 7. The molecule has 0 aliphatic heterocycles. The number of nitrogens with one attached hydrogen (secondary N) is 1. The minimum Gasteiger partial charge on any atom is -0.467 e. The highest BCUT2D eigenvalue weighted by atomic mass is 19.1. The van der Waals surface area contributed by atoms with Crippen LogP contribution in [0.5, 0.6) is 0 Å². The fraction of sp³-hybridized carbons (Fsp3) is 0.227. The summed E-state index contributed by atoms with van der Waals surface area (Å²) < 4.78 is 24.5. The van der Waals surface area contributed by atoms with Crippen LogP contribution in [0.25, 0.3) is 0 Å². The van der Waals surface area contributed by atoms with Crippen LogP contribution in [-0.4, -0.2) is 18.0 Å². The van der Waals surface area contributed by atoms with Crippen LogP contribution < -0.4 is 5.32 Å². The van der Waals surface area contributed by atoms with Crippen molar-refractivity contribution in [2.75, 3.05) is 12.4 Å². The van der Waals surface area contributed by atoms with Gasteiger partial charge in [0.05, 0.1) is 12.9 Å². The number of hydrogen-bond acceptors (Lipinski definition) is 3. The van der Waals surface area contributed by atoms with Gasteiger partial charge in [0.25, 0.3) is 0 Å². The lowest BCUT2D eigenvalue weighted by Gasteiger charge is -2.18. The van der Waals surface area contributed by atoms with Gasteiger partial charge in [0.15, 0.2) is 0 Å².